The summed E-state index contributed by atoms with van der Waals surface area (Å²) in [6.07, 6.45) is 83.8. The molecule has 2 atom stereocenters. The third-order valence-corrected chi connectivity index (χ3v) is 15.1. The molecule has 480 valence electrons. The van der Waals surface area contributed by atoms with Crippen LogP contribution < -0.4 is 5.11 Å². The van der Waals surface area contributed by atoms with E-state index in [-0.39, 0.29) is 38.6 Å². The van der Waals surface area contributed by atoms with E-state index >= 15 is 0 Å². The molecule has 0 aliphatic rings. The lowest BCUT2D eigenvalue weighted by Gasteiger charge is -2.26. The molecule has 0 aromatic carbocycles. The maximum atomic E-state index is 12.9. The predicted octanol–water partition coefficient (Wildman–Crippen LogP) is 20.1. The van der Waals surface area contributed by atoms with Gasteiger partial charge in [-0.05, 0) is 89.9 Å². The molecular weight excluding hydrogens is 1030 g/mol. The number of likely N-dealkylation sites (N-methyl/N-ethyl adjacent to an activating group) is 1. The van der Waals surface area contributed by atoms with Crippen LogP contribution in [-0.2, 0) is 33.3 Å². The highest BCUT2D eigenvalue weighted by atomic mass is 16.7. The molecule has 0 saturated heterocycles. The summed E-state index contributed by atoms with van der Waals surface area (Å²) in [5.41, 5.74) is 0. The Morgan fingerprint density at radius 3 is 1.02 bits per heavy atom. The van der Waals surface area contributed by atoms with Gasteiger partial charge >= 0.3 is 11.9 Å². The molecule has 0 radical (unpaired) electrons. The number of esters is 2. The third kappa shape index (κ3) is 65.9. The molecule has 9 nitrogen and oxygen atoms in total. The Balaban J connectivity index is 4.08. The van der Waals surface area contributed by atoms with E-state index in [0.717, 1.165) is 70.6 Å². The minimum absolute atomic E-state index is 0.147. The summed E-state index contributed by atoms with van der Waals surface area (Å²) in [4.78, 5) is 37.5. The number of allylic oxidation sites excluding steroid dienone is 14. The number of nitrogens with zero attached hydrogens (tertiary/aromatic N) is 1. The first-order chi connectivity index (χ1) is 40.6. The topological polar surface area (TPSA) is 111 Å². The van der Waals surface area contributed by atoms with Gasteiger partial charge in [0.15, 0.2) is 12.4 Å². The fourth-order valence-corrected chi connectivity index (χ4v) is 9.83. The number of carbonyl (C=O) groups excluding carboxylic acids is 3. The van der Waals surface area contributed by atoms with Gasteiger partial charge in [0.2, 0.25) is 0 Å². The van der Waals surface area contributed by atoms with Gasteiger partial charge in [0.25, 0.3) is 0 Å². The molecule has 9 heteroatoms. The van der Waals surface area contributed by atoms with E-state index in [9.17, 15) is 19.5 Å². The number of ether oxygens (including phenoxy) is 4. The van der Waals surface area contributed by atoms with E-state index < -0.39 is 24.3 Å². The summed E-state index contributed by atoms with van der Waals surface area (Å²) in [5.74, 6) is -2.27. The Hall–Kier alpha value is -3.53. The maximum absolute atomic E-state index is 12.9. The molecule has 0 N–H and O–H groups in total. The van der Waals surface area contributed by atoms with E-state index in [4.69, 9.17) is 18.9 Å². The molecule has 0 fully saturated rings. The summed E-state index contributed by atoms with van der Waals surface area (Å²) >= 11 is 0. The fourth-order valence-electron chi connectivity index (χ4n) is 9.83. The van der Waals surface area contributed by atoms with Gasteiger partial charge in [-0.25, -0.2) is 0 Å². The van der Waals surface area contributed by atoms with Crippen LogP contribution in [0.4, 0.5) is 0 Å². The molecule has 0 aromatic heterocycles. The van der Waals surface area contributed by atoms with Crippen molar-refractivity contribution in [3.63, 3.8) is 0 Å². The standard InChI is InChI=1S/C74H131NO8/c1-6-8-10-12-14-16-18-20-22-24-26-28-30-31-32-33-34-35-36-37-38-39-40-41-43-45-47-49-51-53-55-57-59-61-63-65-72(77)83-70(69-82-74(73(78)79)80-67-66-75(3,4)5)68-81-71(76)64-62-60-58-56-54-52-50-48-46-44-42-29-27-25-23-21-19-17-15-13-11-9-7-2/h8,10,14,16,19-22,25-28,31-32,70,74H,6-7,9,11-13,15,17-18,23-24,29-30,33-69H2,1-5H3/b10-8-,16-14-,21-19-,22-20-,27-25-,28-26-,32-31-. The minimum Gasteiger partial charge on any atom is -0.545 e. The molecule has 0 aliphatic heterocycles. The van der Waals surface area contributed by atoms with E-state index in [0.29, 0.717) is 17.4 Å². The van der Waals surface area contributed by atoms with Crippen molar-refractivity contribution in [2.24, 2.45) is 0 Å². The molecule has 0 bridgehead atoms. The minimum atomic E-state index is -1.62. The van der Waals surface area contributed by atoms with Crippen LogP contribution in [0.1, 0.15) is 309 Å². The van der Waals surface area contributed by atoms with Gasteiger partial charge in [0.05, 0.1) is 40.3 Å². The number of hydrogen-bond acceptors (Lipinski definition) is 8. The molecule has 2 unspecified atom stereocenters. The largest absolute Gasteiger partial charge is 0.545 e. The SMILES string of the molecule is CC/C=C\C/C=C\C/C=C\C/C=C\C/C=C\CCCCCCCCCCCCCCCCCCCCCC(=O)OC(COC(=O)CCCCCCCCCCCCC/C=C\C/C=C\CCCCCCC)COC(OCC[N+](C)(C)C)C(=O)[O-]. The summed E-state index contributed by atoms with van der Waals surface area (Å²) in [6, 6.07) is 0. The Morgan fingerprint density at radius 2 is 0.687 bits per heavy atom. The number of unbranched alkanes of at least 4 members (excludes halogenated alkanes) is 35. The number of hydrogen-bond donors (Lipinski definition) is 0. The molecular formula is C74H131NO8. The second kappa shape index (κ2) is 64.5. The van der Waals surface area contributed by atoms with Gasteiger partial charge in [-0.2, -0.15) is 0 Å². The monoisotopic (exact) mass is 1160 g/mol. The predicted molar refractivity (Wildman–Crippen MR) is 352 cm³/mol. The van der Waals surface area contributed by atoms with Crippen LogP contribution in [0.2, 0.25) is 0 Å². The zero-order chi connectivity index (χ0) is 60.5. The smallest absolute Gasteiger partial charge is 0.306 e. The Labute approximate surface area is 512 Å². The number of carboxylic acids is 1. The molecule has 0 aromatic rings. The number of quaternary nitrogens is 1. The molecule has 0 heterocycles. The van der Waals surface area contributed by atoms with Gasteiger partial charge in [-0.15, -0.1) is 0 Å². The Bertz CT molecular complexity index is 1640. The van der Waals surface area contributed by atoms with Crippen LogP contribution in [0.15, 0.2) is 85.1 Å². The van der Waals surface area contributed by atoms with Crippen molar-refractivity contribution in [2.75, 3.05) is 47.5 Å². The van der Waals surface area contributed by atoms with Crippen LogP contribution in [0.25, 0.3) is 0 Å². The number of aliphatic carboxylic acids is 1. The molecule has 0 amide bonds. The van der Waals surface area contributed by atoms with E-state index in [1.165, 1.54) is 205 Å². The summed E-state index contributed by atoms with van der Waals surface area (Å²) in [7, 11) is 5.93. The highest BCUT2D eigenvalue weighted by Crippen LogP contribution is 2.18. The van der Waals surface area contributed by atoms with Crippen LogP contribution in [-0.4, -0.2) is 82.3 Å². The van der Waals surface area contributed by atoms with Crippen molar-refractivity contribution in [3.05, 3.63) is 85.1 Å². The first-order valence-corrected chi connectivity index (χ1v) is 34.7. The van der Waals surface area contributed by atoms with E-state index in [1.807, 2.05) is 21.1 Å². The van der Waals surface area contributed by atoms with Gasteiger partial charge in [-0.3, -0.25) is 9.59 Å². The third-order valence-electron chi connectivity index (χ3n) is 15.1. The lowest BCUT2D eigenvalue weighted by atomic mass is 10.0. The molecule has 0 rings (SSSR count). The summed E-state index contributed by atoms with van der Waals surface area (Å²) in [5, 5.41) is 11.8. The van der Waals surface area contributed by atoms with Gasteiger partial charge in [0, 0.05) is 12.8 Å². The lowest BCUT2D eigenvalue weighted by molar-refractivity contribution is -0.870. The van der Waals surface area contributed by atoms with Crippen LogP contribution in [0.3, 0.4) is 0 Å². The average molecular weight is 1160 g/mol. The molecule has 0 spiro atoms. The fraction of sp³-hybridized carbons (Fsp3) is 0.770. The van der Waals surface area contributed by atoms with Crippen LogP contribution in [0, 0.1) is 0 Å². The van der Waals surface area contributed by atoms with Crippen molar-refractivity contribution in [1.29, 1.82) is 0 Å². The van der Waals surface area contributed by atoms with E-state index in [2.05, 4.69) is 98.9 Å². The van der Waals surface area contributed by atoms with Crippen molar-refractivity contribution < 1.29 is 42.9 Å². The first-order valence-electron chi connectivity index (χ1n) is 34.7. The Morgan fingerprint density at radius 1 is 0.373 bits per heavy atom. The highest BCUT2D eigenvalue weighted by Gasteiger charge is 2.22. The van der Waals surface area contributed by atoms with Crippen LogP contribution in [0.5, 0.6) is 0 Å². The van der Waals surface area contributed by atoms with Gasteiger partial charge in [-0.1, -0.05) is 292 Å². The van der Waals surface area contributed by atoms with Crippen LogP contribution >= 0.6 is 0 Å². The van der Waals surface area contributed by atoms with Gasteiger partial charge < -0.3 is 33.3 Å². The maximum Gasteiger partial charge on any atom is 0.306 e. The van der Waals surface area contributed by atoms with Crippen molar-refractivity contribution >= 4 is 17.9 Å². The Kier molecular flexibility index (Phi) is 61.7. The van der Waals surface area contributed by atoms with Crippen molar-refractivity contribution in [3.8, 4) is 0 Å². The second-order valence-corrected chi connectivity index (χ2v) is 24.4. The normalized spacial score (nSPS) is 13.2. The zero-order valence-corrected chi connectivity index (χ0v) is 54.8. The average Bonchev–Trinajstić information content (AvgIpc) is 3.46. The highest BCUT2D eigenvalue weighted by molar-refractivity contribution is 5.70. The van der Waals surface area contributed by atoms with Crippen molar-refractivity contribution in [2.45, 2.75) is 322 Å². The quantitative estimate of drug-likeness (QED) is 0.0195. The van der Waals surface area contributed by atoms with Crippen molar-refractivity contribution in [1.82, 2.24) is 0 Å². The molecule has 0 aliphatic carbocycles. The van der Waals surface area contributed by atoms with E-state index in [1.54, 1.807) is 0 Å². The lowest BCUT2D eigenvalue weighted by Crippen LogP contribution is -2.44. The summed E-state index contributed by atoms with van der Waals surface area (Å²) < 4.78 is 22.8. The zero-order valence-electron chi connectivity index (χ0n) is 54.8. The number of carboxylic acid groups (broad SMARTS) is 1. The number of rotatable bonds is 64. The molecule has 0 saturated carbocycles. The molecule has 83 heavy (non-hydrogen) atoms. The van der Waals surface area contributed by atoms with Gasteiger partial charge in [0.1, 0.15) is 13.2 Å². The number of carbonyl (C=O) groups is 3. The summed E-state index contributed by atoms with van der Waals surface area (Å²) in [6.45, 7) is 4.66. The first kappa shape index (κ1) is 79.5. The second-order valence-electron chi connectivity index (χ2n) is 24.4.